The second-order valence-corrected chi connectivity index (χ2v) is 4.42. The van der Waals surface area contributed by atoms with E-state index in [-0.39, 0.29) is 5.91 Å². The van der Waals surface area contributed by atoms with Crippen LogP contribution in [0.15, 0.2) is 0 Å². The Kier molecular flexibility index (Phi) is 2.07. The average molecular weight is 196 g/mol. The van der Waals surface area contributed by atoms with E-state index in [0.717, 1.165) is 25.0 Å². The lowest BCUT2D eigenvalue weighted by Gasteiger charge is -2.11. The molecule has 0 aromatic carbocycles. The Labute approximate surface area is 80.5 Å². The van der Waals surface area contributed by atoms with Crippen molar-refractivity contribution in [2.75, 3.05) is 0 Å². The van der Waals surface area contributed by atoms with Crippen molar-refractivity contribution in [3.63, 3.8) is 0 Å². The van der Waals surface area contributed by atoms with Gasteiger partial charge in [0.2, 0.25) is 5.91 Å². The zero-order valence-electron chi connectivity index (χ0n) is 7.59. The number of hydrogen-bond donors (Lipinski definition) is 1. The second kappa shape index (κ2) is 3.10. The van der Waals surface area contributed by atoms with Crippen molar-refractivity contribution >= 4 is 17.2 Å². The highest BCUT2D eigenvalue weighted by molar-refractivity contribution is 7.09. The third-order valence-electron chi connectivity index (χ3n) is 2.40. The fraction of sp³-hybridized carbons (Fsp3) is 0.556. The fourth-order valence-corrected chi connectivity index (χ4v) is 2.95. The molecule has 70 valence electrons. The van der Waals surface area contributed by atoms with Crippen molar-refractivity contribution in [3.8, 4) is 0 Å². The first-order chi connectivity index (χ1) is 6.20. The molecule has 3 nitrogen and oxygen atoms in total. The number of thiazole rings is 1. The number of nitrogens with one attached hydrogen (secondary N) is 1. The van der Waals surface area contributed by atoms with Crippen molar-refractivity contribution in [2.45, 2.75) is 32.6 Å². The molecule has 1 aromatic heterocycles. The zero-order chi connectivity index (χ0) is 9.42. The van der Waals surface area contributed by atoms with Crippen LogP contribution >= 0.6 is 11.3 Å². The van der Waals surface area contributed by atoms with Crippen LogP contribution in [0.1, 0.15) is 35.1 Å². The molecule has 0 amide bonds. The van der Waals surface area contributed by atoms with Gasteiger partial charge in [-0.3, -0.25) is 14.8 Å². The molecule has 1 aliphatic carbocycles. The van der Waals surface area contributed by atoms with Gasteiger partial charge < -0.3 is 0 Å². The van der Waals surface area contributed by atoms with Crippen LogP contribution in [0.5, 0.6) is 0 Å². The lowest BCUT2D eigenvalue weighted by molar-refractivity contribution is 0.0929. The van der Waals surface area contributed by atoms with Crippen LogP contribution < -0.4 is 4.80 Å². The third-order valence-corrected chi connectivity index (χ3v) is 3.46. The topological polar surface area (TPSA) is 45.9 Å². The largest absolute Gasteiger partial charge is 0.275 e. The fourth-order valence-electron chi connectivity index (χ4n) is 1.83. The molecule has 0 saturated carbocycles. The van der Waals surface area contributed by atoms with Crippen LogP contribution in [0.2, 0.25) is 0 Å². The Balaban J connectivity index is 2.61. The van der Waals surface area contributed by atoms with E-state index in [1.807, 2.05) is 0 Å². The number of rotatable bonds is 0. The molecule has 13 heavy (non-hydrogen) atoms. The predicted molar refractivity (Wildman–Crippen MR) is 51.1 cm³/mol. The van der Waals surface area contributed by atoms with E-state index in [9.17, 15) is 4.79 Å². The average Bonchev–Trinajstić information content (AvgIpc) is 2.39. The molecule has 0 bridgehead atoms. The van der Waals surface area contributed by atoms with Gasteiger partial charge in [0.25, 0.3) is 0 Å². The van der Waals surface area contributed by atoms with Gasteiger partial charge in [0.05, 0.1) is 0 Å². The predicted octanol–water partition coefficient (Wildman–Crippen LogP) is 1.57. The lowest BCUT2D eigenvalue weighted by Crippen LogP contribution is -2.22. The molecular weight excluding hydrogens is 184 g/mol. The maximum atomic E-state index is 11.2. The van der Waals surface area contributed by atoms with E-state index in [4.69, 9.17) is 5.41 Å². The van der Waals surface area contributed by atoms with Crippen molar-refractivity contribution in [2.24, 2.45) is 0 Å². The lowest BCUT2D eigenvalue weighted by atomic mass is 10.0. The van der Waals surface area contributed by atoms with Gasteiger partial charge in [0, 0.05) is 17.5 Å². The van der Waals surface area contributed by atoms with Crippen molar-refractivity contribution in [3.05, 3.63) is 15.4 Å². The van der Waals surface area contributed by atoms with Gasteiger partial charge in [-0.1, -0.05) is 0 Å². The highest BCUT2D eigenvalue weighted by atomic mass is 32.1. The second-order valence-electron chi connectivity index (χ2n) is 3.34. The molecule has 0 radical (unpaired) electrons. The number of aryl methyl sites for hydroxylation is 1. The van der Waals surface area contributed by atoms with Crippen molar-refractivity contribution in [1.29, 1.82) is 5.41 Å². The molecular formula is C9H12N2OS. The first-order valence-corrected chi connectivity index (χ1v) is 5.31. The minimum atomic E-state index is -0.0237. The van der Waals surface area contributed by atoms with Crippen LogP contribution in [0.4, 0.5) is 0 Å². The number of fused-ring (bicyclic) bond motifs is 1. The Morgan fingerprint density at radius 2 is 2.15 bits per heavy atom. The molecule has 2 rings (SSSR count). The molecule has 1 aromatic rings. The van der Waals surface area contributed by atoms with E-state index in [1.165, 1.54) is 29.6 Å². The van der Waals surface area contributed by atoms with Crippen molar-refractivity contribution < 1.29 is 4.79 Å². The van der Waals surface area contributed by atoms with Crippen LogP contribution in [-0.2, 0) is 12.8 Å². The molecule has 0 aliphatic heterocycles. The molecule has 0 spiro atoms. The highest BCUT2D eigenvalue weighted by Gasteiger charge is 2.18. The van der Waals surface area contributed by atoms with E-state index in [2.05, 4.69) is 0 Å². The molecule has 0 saturated heterocycles. The Bertz CT molecular complexity index is 402. The molecule has 1 aliphatic rings. The summed E-state index contributed by atoms with van der Waals surface area (Å²) in [7, 11) is 0. The Hall–Kier alpha value is -0.900. The molecule has 0 fully saturated rings. The molecule has 4 heteroatoms. The monoisotopic (exact) mass is 196 g/mol. The van der Waals surface area contributed by atoms with Crippen molar-refractivity contribution in [1.82, 2.24) is 4.57 Å². The SMILES string of the molecule is CC(=O)n1c2c(sc1=N)CCCC2. The first-order valence-electron chi connectivity index (χ1n) is 4.49. The van der Waals surface area contributed by atoms with Gasteiger partial charge >= 0.3 is 0 Å². The van der Waals surface area contributed by atoms with Gasteiger partial charge in [0.15, 0.2) is 4.80 Å². The number of nitrogens with zero attached hydrogens (tertiary/aromatic N) is 1. The van der Waals surface area contributed by atoms with Gasteiger partial charge in [-0.25, -0.2) is 0 Å². The van der Waals surface area contributed by atoms with Gasteiger partial charge in [-0.05, 0) is 25.7 Å². The standard InChI is InChI=1S/C9H12N2OS/c1-6(12)11-7-4-2-3-5-8(7)13-9(11)10/h10H,2-5H2,1H3. The first kappa shape index (κ1) is 8.69. The number of hydrogen-bond acceptors (Lipinski definition) is 3. The smallest absolute Gasteiger partial charge is 0.229 e. The summed E-state index contributed by atoms with van der Waals surface area (Å²) in [5.74, 6) is -0.0237. The van der Waals surface area contributed by atoms with E-state index < -0.39 is 0 Å². The summed E-state index contributed by atoms with van der Waals surface area (Å²) < 4.78 is 1.55. The van der Waals surface area contributed by atoms with Crippen LogP contribution in [0.3, 0.4) is 0 Å². The Morgan fingerprint density at radius 1 is 1.46 bits per heavy atom. The number of carbonyl (C=O) groups is 1. The van der Waals surface area contributed by atoms with Gasteiger partial charge in [-0.2, -0.15) is 0 Å². The quantitative estimate of drug-likeness (QED) is 0.672. The van der Waals surface area contributed by atoms with E-state index in [0.29, 0.717) is 4.80 Å². The normalized spacial score (nSPS) is 15.5. The van der Waals surface area contributed by atoms with E-state index >= 15 is 0 Å². The summed E-state index contributed by atoms with van der Waals surface area (Å²) in [5, 5.41) is 7.66. The summed E-state index contributed by atoms with van der Waals surface area (Å²) in [4.78, 5) is 12.9. The third kappa shape index (κ3) is 1.35. The van der Waals surface area contributed by atoms with Gasteiger partial charge in [0.1, 0.15) is 0 Å². The summed E-state index contributed by atoms with van der Waals surface area (Å²) in [5.41, 5.74) is 1.09. The minimum Gasteiger partial charge on any atom is -0.275 e. The molecule has 0 unspecified atom stereocenters. The molecule has 0 atom stereocenters. The highest BCUT2D eigenvalue weighted by Crippen LogP contribution is 2.22. The van der Waals surface area contributed by atoms with Crippen LogP contribution in [0.25, 0.3) is 0 Å². The van der Waals surface area contributed by atoms with Crippen LogP contribution in [0, 0.1) is 5.41 Å². The number of carbonyl (C=O) groups excluding carboxylic acids is 1. The summed E-state index contributed by atoms with van der Waals surface area (Å²) in [6.45, 7) is 1.53. The minimum absolute atomic E-state index is 0.0237. The maximum Gasteiger partial charge on any atom is 0.229 e. The maximum absolute atomic E-state index is 11.2. The van der Waals surface area contributed by atoms with Gasteiger partial charge in [-0.15, -0.1) is 11.3 Å². The summed E-state index contributed by atoms with van der Waals surface area (Å²) in [6, 6.07) is 0. The summed E-state index contributed by atoms with van der Waals surface area (Å²) >= 11 is 1.45. The van der Waals surface area contributed by atoms with Crippen LogP contribution in [-0.4, -0.2) is 10.5 Å². The summed E-state index contributed by atoms with van der Waals surface area (Å²) in [6.07, 6.45) is 4.36. The zero-order valence-corrected chi connectivity index (χ0v) is 8.41. The molecule has 1 N–H and O–H groups in total. The Morgan fingerprint density at radius 3 is 2.85 bits per heavy atom. The molecule has 1 heterocycles. The number of aromatic nitrogens is 1. The van der Waals surface area contributed by atoms with E-state index in [1.54, 1.807) is 4.57 Å².